The Hall–Kier alpha value is -3.97. The molecule has 0 saturated carbocycles. The van der Waals surface area contributed by atoms with Gasteiger partial charge in [-0.25, -0.2) is 4.79 Å². The third kappa shape index (κ3) is 4.50. The first kappa shape index (κ1) is 23.8. The number of halogens is 1. The highest BCUT2D eigenvalue weighted by atomic mass is 35.5. The lowest BCUT2D eigenvalue weighted by atomic mass is 9.98. The Kier molecular flexibility index (Phi) is 6.82. The van der Waals surface area contributed by atoms with Gasteiger partial charge < -0.3 is 0 Å². The maximum Gasteiger partial charge on any atom is 0.333 e. The SMILES string of the molecule is CCCc1cn(-c2c(Cl)cccc2CC)c(=O)n1Cc1ccc(-c2ccccc2-c2nn[nH]n2)cc1. The molecule has 36 heavy (non-hydrogen) atoms. The average Bonchev–Trinajstić information content (AvgIpc) is 3.54. The first-order chi connectivity index (χ1) is 17.6. The molecule has 5 aromatic rings. The molecule has 182 valence electrons. The molecular weight excluding hydrogens is 472 g/mol. The van der Waals surface area contributed by atoms with Gasteiger partial charge in [0, 0.05) is 17.5 Å². The summed E-state index contributed by atoms with van der Waals surface area (Å²) in [6.45, 7) is 4.68. The lowest BCUT2D eigenvalue weighted by Gasteiger charge is -2.11. The second-order valence-corrected chi connectivity index (χ2v) is 9.10. The van der Waals surface area contributed by atoms with Crippen LogP contribution in [0.15, 0.2) is 77.7 Å². The zero-order valence-corrected chi connectivity index (χ0v) is 21.0. The van der Waals surface area contributed by atoms with Crippen LogP contribution in [0.1, 0.15) is 37.1 Å². The maximum atomic E-state index is 13.6. The number of hydrogen-bond donors (Lipinski definition) is 1. The van der Waals surface area contributed by atoms with Crippen molar-refractivity contribution < 1.29 is 0 Å². The normalized spacial score (nSPS) is 11.2. The van der Waals surface area contributed by atoms with Crippen molar-refractivity contribution in [1.82, 2.24) is 29.8 Å². The zero-order chi connectivity index (χ0) is 25.1. The first-order valence-electron chi connectivity index (χ1n) is 12.1. The van der Waals surface area contributed by atoms with Crippen LogP contribution >= 0.6 is 11.6 Å². The van der Waals surface area contributed by atoms with E-state index in [0.29, 0.717) is 17.4 Å². The molecule has 0 unspecified atom stereocenters. The van der Waals surface area contributed by atoms with Gasteiger partial charge >= 0.3 is 5.69 Å². The van der Waals surface area contributed by atoms with Crippen LogP contribution in [0.4, 0.5) is 0 Å². The summed E-state index contributed by atoms with van der Waals surface area (Å²) in [7, 11) is 0. The summed E-state index contributed by atoms with van der Waals surface area (Å²) in [6.07, 6.45) is 4.49. The van der Waals surface area contributed by atoms with E-state index in [9.17, 15) is 4.79 Å². The summed E-state index contributed by atoms with van der Waals surface area (Å²) >= 11 is 6.56. The molecule has 0 amide bonds. The highest BCUT2D eigenvalue weighted by Crippen LogP contribution is 2.30. The van der Waals surface area contributed by atoms with Crippen molar-refractivity contribution in [2.24, 2.45) is 0 Å². The number of nitrogens with one attached hydrogen (secondary N) is 1. The Bertz CT molecular complexity index is 1530. The van der Waals surface area contributed by atoms with Crippen molar-refractivity contribution in [2.45, 2.75) is 39.7 Å². The predicted octanol–water partition coefficient (Wildman–Crippen LogP) is 5.70. The maximum absolute atomic E-state index is 13.6. The van der Waals surface area contributed by atoms with Crippen molar-refractivity contribution >= 4 is 11.6 Å². The Balaban J connectivity index is 1.50. The number of aryl methyl sites for hydroxylation is 2. The van der Waals surface area contributed by atoms with Crippen molar-refractivity contribution in [3.8, 4) is 28.2 Å². The fourth-order valence-corrected chi connectivity index (χ4v) is 4.89. The second-order valence-electron chi connectivity index (χ2n) is 8.69. The number of aromatic nitrogens is 6. The van der Waals surface area contributed by atoms with E-state index in [4.69, 9.17) is 11.6 Å². The summed E-state index contributed by atoms with van der Waals surface area (Å²) in [5, 5.41) is 15.1. The van der Waals surface area contributed by atoms with E-state index in [0.717, 1.165) is 58.5 Å². The lowest BCUT2D eigenvalue weighted by molar-refractivity contribution is 0.691. The zero-order valence-electron chi connectivity index (χ0n) is 20.3. The molecule has 0 atom stereocenters. The first-order valence-corrected chi connectivity index (χ1v) is 12.5. The molecule has 0 aliphatic carbocycles. The summed E-state index contributed by atoms with van der Waals surface area (Å²) in [5.41, 5.74) is 6.76. The van der Waals surface area contributed by atoms with E-state index in [1.807, 2.05) is 53.2 Å². The molecule has 7 nitrogen and oxygen atoms in total. The van der Waals surface area contributed by atoms with Gasteiger partial charge in [0.15, 0.2) is 0 Å². The van der Waals surface area contributed by atoms with Crippen LogP contribution in [0.25, 0.3) is 28.2 Å². The van der Waals surface area contributed by atoms with E-state index in [1.54, 1.807) is 4.57 Å². The number of tetrazole rings is 1. The fourth-order valence-electron chi connectivity index (χ4n) is 4.60. The summed E-state index contributed by atoms with van der Waals surface area (Å²) in [5.74, 6) is 0.554. The van der Waals surface area contributed by atoms with Crippen molar-refractivity contribution in [3.63, 3.8) is 0 Å². The summed E-state index contributed by atoms with van der Waals surface area (Å²) in [4.78, 5) is 13.6. The minimum atomic E-state index is -0.0761. The van der Waals surface area contributed by atoms with Gasteiger partial charge in [-0.2, -0.15) is 5.21 Å². The van der Waals surface area contributed by atoms with E-state index in [2.05, 4.69) is 58.7 Å². The number of aromatic amines is 1. The molecule has 0 aliphatic heterocycles. The minimum absolute atomic E-state index is 0.0761. The number of imidazole rings is 1. The molecular formula is C28H27ClN6O. The summed E-state index contributed by atoms with van der Waals surface area (Å²) in [6, 6.07) is 22.0. The molecule has 0 saturated heterocycles. The molecule has 8 heteroatoms. The largest absolute Gasteiger partial charge is 0.333 e. The molecule has 5 rings (SSSR count). The molecule has 3 aromatic carbocycles. The van der Waals surface area contributed by atoms with Crippen molar-refractivity contribution in [3.05, 3.63) is 105 Å². The molecule has 0 spiro atoms. The van der Waals surface area contributed by atoms with Gasteiger partial charge in [-0.1, -0.05) is 92.5 Å². The van der Waals surface area contributed by atoms with Crippen LogP contribution in [-0.2, 0) is 19.4 Å². The molecule has 2 heterocycles. The minimum Gasteiger partial charge on any atom is -0.292 e. The number of H-pyrrole nitrogens is 1. The van der Waals surface area contributed by atoms with Crippen LogP contribution < -0.4 is 5.69 Å². The molecule has 0 aliphatic rings. The van der Waals surface area contributed by atoms with Gasteiger partial charge in [0.1, 0.15) is 0 Å². The van der Waals surface area contributed by atoms with E-state index in [-0.39, 0.29) is 5.69 Å². The Morgan fingerprint density at radius 2 is 1.72 bits per heavy atom. The van der Waals surface area contributed by atoms with E-state index in [1.165, 1.54) is 0 Å². The van der Waals surface area contributed by atoms with Crippen LogP contribution in [0.2, 0.25) is 5.02 Å². The van der Waals surface area contributed by atoms with Gasteiger partial charge in [0.25, 0.3) is 0 Å². The summed E-state index contributed by atoms with van der Waals surface area (Å²) < 4.78 is 3.57. The van der Waals surface area contributed by atoms with Gasteiger partial charge in [0.05, 0.1) is 17.3 Å². The standard InChI is InChI=1S/C28H27ClN6O/c1-3-8-22-18-35(26-20(4-2)9-7-12-25(26)29)28(36)34(22)17-19-13-15-21(16-14-19)23-10-5-6-11-24(23)27-30-32-33-31-27/h5-7,9-16,18H,3-4,8,17H2,1-2H3,(H,30,31,32,33). The monoisotopic (exact) mass is 498 g/mol. The Morgan fingerprint density at radius 1 is 0.944 bits per heavy atom. The van der Waals surface area contributed by atoms with E-state index < -0.39 is 0 Å². The average molecular weight is 499 g/mol. The van der Waals surface area contributed by atoms with E-state index >= 15 is 0 Å². The van der Waals surface area contributed by atoms with Gasteiger partial charge in [-0.3, -0.25) is 9.13 Å². The number of rotatable bonds is 8. The van der Waals surface area contributed by atoms with Crippen LogP contribution in [0.3, 0.4) is 0 Å². The van der Waals surface area contributed by atoms with Crippen molar-refractivity contribution in [1.29, 1.82) is 0 Å². The Morgan fingerprint density at radius 3 is 2.42 bits per heavy atom. The molecule has 0 fully saturated rings. The second kappa shape index (κ2) is 10.3. The number of nitrogens with zero attached hydrogens (tertiary/aromatic N) is 5. The van der Waals surface area contributed by atoms with Crippen molar-refractivity contribution in [2.75, 3.05) is 0 Å². The number of hydrogen-bond acceptors (Lipinski definition) is 4. The number of para-hydroxylation sites is 1. The smallest absolute Gasteiger partial charge is 0.292 e. The van der Waals surface area contributed by atoms with Gasteiger partial charge in [-0.15, -0.1) is 10.2 Å². The van der Waals surface area contributed by atoms with Crippen LogP contribution in [-0.4, -0.2) is 29.8 Å². The molecule has 0 bridgehead atoms. The molecule has 2 aromatic heterocycles. The third-order valence-corrected chi connectivity index (χ3v) is 6.68. The highest BCUT2D eigenvalue weighted by Gasteiger charge is 2.17. The highest BCUT2D eigenvalue weighted by molar-refractivity contribution is 6.32. The number of benzene rings is 3. The van der Waals surface area contributed by atoms with Gasteiger partial charge in [0.2, 0.25) is 5.82 Å². The van der Waals surface area contributed by atoms with Crippen LogP contribution in [0.5, 0.6) is 0 Å². The fraction of sp³-hybridized carbons (Fsp3) is 0.214. The van der Waals surface area contributed by atoms with Gasteiger partial charge in [-0.05, 0) is 46.4 Å². The topological polar surface area (TPSA) is 81.4 Å². The molecule has 1 N–H and O–H groups in total. The molecule has 0 radical (unpaired) electrons. The Labute approximate surface area is 214 Å². The van der Waals surface area contributed by atoms with Crippen LogP contribution in [0, 0.1) is 0 Å². The quantitative estimate of drug-likeness (QED) is 0.297. The lowest BCUT2D eigenvalue weighted by Crippen LogP contribution is -2.25. The third-order valence-electron chi connectivity index (χ3n) is 6.38. The predicted molar refractivity (Wildman–Crippen MR) is 143 cm³/mol.